The Morgan fingerprint density at radius 2 is 0.585 bits per heavy atom. The molecule has 6 rings (SSSR count). The Labute approximate surface area is 243 Å². The van der Waals surface area contributed by atoms with Crippen LogP contribution in [0.3, 0.4) is 0 Å². The van der Waals surface area contributed by atoms with Crippen LogP contribution in [0.15, 0.2) is 121 Å². The van der Waals surface area contributed by atoms with E-state index in [-0.39, 0.29) is 24.4 Å². The Morgan fingerprint density at radius 1 is 0.366 bits per heavy atom. The molecule has 212 valence electrons. The first kappa shape index (κ1) is 27.8. The lowest BCUT2D eigenvalue weighted by Gasteiger charge is -2.29. The highest BCUT2D eigenvalue weighted by Gasteiger charge is 2.55. The van der Waals surface area contributed by atoms with Crippen molar-refractivity contribution in [3.05, 3.63) is 144 Å². The van der Waals surface area contributed by atoms with E-state index in [1.165, 1.54) is 22.3 Å². The maximum atomic E-state index is 6.58. The molecule has 0 aliphatic carbocycles. The molecule has 2 aliphatic heterocycles. The van der Waals surface area contributed by atoms with Gasteiger partial charge in [-0.2, -0.15) is 0 Å². The summed E-state index contributed by atoms with van der Waals surface area (Å²) >= 11 is 0. The second kappa shape index (κ2) is 13.6. The van der Waals surface area contributed by atoms with Gasteiger partial charge in [0.25, 0.3) is 0 Å². The fraction of sp³-hybridized carbons (Fsp3) is 0.333. The average Bonchev–Trinajstić information content (AvgIpc) is 3.56. The number of quaternary nitrogens is 1. The number of ether oxygens (including phenoxy) is 4. The molecule has 2 aliphatic rings. The summed E-state index contributed by atoms with van der Waals surface area (Å²) in [6.45, 7) is 5.89. The molecule has 0 amide bonds. The quantitative estimate of drug-likeness (QED) is 0.198. The molecule has 41 heavy (non-hydrogen) atoms. The van der Waals surface area contributed by atoms with Gasteiger partial charge in [0, 0.05) is 0 Å². The molecule has 4 atom stereocenters. The summed E-state index contributed by atoms with van der Waals surface area (Å²) in [7, 11) is 0. The second-order valence-electron chi connectivity index (χ2n) is 11.4. The van der Waals surface area contributed by atoms with Crippen molar-refractivity contribution in [2.24, 2.45) is 0 Å². The maximum absolute atomic E-state index is 6.58. The Balaban J connectivity index is 1.17. The highest BCUT2D eigenvalue weighted by atomic mass is 16.6. The molecular formula is C36H40NO4+. The third-order valence-corrected chi connectivity index (χ3v) is 8.33. The molecular weight excluding hydrogens is 510 g/mol. The summed E-state index contributed by atoms with van der Waals surface area (Å²) in [5.41, 5.74) is 4.73. The number of hydrogen-bond donors (Lipinski definition) is 0. The standard InChI is InChI=1S/C36H40NO4/c1-5-13-29(14-6-1)25-38-33-21-37(22-34(33)39-26-30-15-7-2-8-16-30)23-35(40-27-31-17-9-3-10-18-31)36(24-37)41-28-32-19-11-4-12-20-32/h1-20,33-36H,21-28H2/q+1/t33-,34-,35-,36-/m0/s1. The van der Waals surface area contributed by atoms with E-state index in [0.29, 0.717) is 26.4 Å². The van der Waals surface area contributed by atoms with Crippen molar-refractivity contribution in [2.45, 2.75) is 50.8 Å². The van der Waals surface area contributed by atoms with Gasteiger partial charge in [-0.3, -0.25) is 0 Å². The SMILES string of the molecule is c1ccc(CO[C@H]2C[N+]3(C[C@@H]2OCc2ccccc2)C[C@H](OCc2ccccc2)[C@@H](OCc2ccccc2)C3)cc1. The molecule has 0 N–H and O–H groups in total. The molecule has 2 heterocycles. The van der Waals surface area contributed by atoms with Crippen LogP contribution in [0.5, 0.6) is 0 Å². The summed E-state index contributed by atoms with van der Waals surface area (Å²) in [5.74, 6) is 0. The summed E-state index contributed by atoms with van der Waals surface area (Å²) < 4.78 is 27.2. The summed E-state index contributed by atoms with van der Waals surface area (Å²) in [6.07, 6.45) is 0.00580. The fourth-order valence-electron chi connectivity index (χ4n) is 6.19. The van der Waals surface area contributed by atoms with Gasteiger partial charge in [0.2, 0.25) is 0 Å². The van der Waals surface area contributed by atoms with Crippen LogP contribution in [-0.4, -0.2) is 55.1 Å². The molecule has 4 aromatic rings. The smallest absolute Gasteiger partial charge is 0.138 e. The van der Waals surface area contributed by atoms with E-state index in [1.807, 2.05) is 24.3 Å². The molecule has 0 bridgehead atoms. The topological polar surface area (TPSA) is 36.9 Å². The summed E-state index contributed by atoms with van der Waals surface area (Å²) in [5, 5.41) is 0. The zero-order valence-corrected chi connectivity index (χ0v) is 23.6. The van der Waals surface area contributed by atoms with Crippen LogP contribution in [0.2, 0.25) is 0 Å². The van der Waals surface area contributed by atoms with E-state index in [1.54, 1.807) is 0 Å². The minimum atomic E-state index is 0.00145. The largest absolute Gasteiger partial charge is 0.365 e. The van der Waals surface area contributed by atoms with Crippen molar-refractivity contribution in [3.63, 3.8) is 0 Å². The van der Waals surface area contributed by atoms with Gasteiger partial charge in [-0.25, -0.2) is 0 Å². The zero-order chi connectivity index (χ0) is 27.7. The molecule has 4 aromatic carbocycles. The van der Waals surface area contributed by atoms with Crippen LogP contribution < -0.4 is 0 Å². The molecule has 0 radical (unpaired) electrons. The molecule has 2 saturated heterocycles. The number of rotatable bonds is 12. The highest BCUT2D eigenvalue weighted by molar-refractivity contribution is 5.16. The first-order chi connectivity index (χ1) is 20.2. The molecule has 0 aromatic heterocycles. The van der Waals surface area contributed by atoms with E-state index in [4.69, 9.17) is 18.9 Å². The van der Waals surface area contributed by atoms with Gasteiger partial charge < -0.3 is 23.4 Å². The molecule has 1 spiro atoms. The van der Waals surface area contributed by atoms with Crippen molar-refractivity contribution in [1.82, 2.24) is 0 Å². The van der Waals surface area contributed by atoms with Crippen molar-refractivity contribution in [3.8, 4) is 0 Å². The van der Waals surface area contributed by atoms with Crippen molar-refractivity contribution >= 4 is 0 Å². The normalized spacial score (nSPS) is 23.2. The highest BCUT2D eigenvalue weighted by Crippen LogP contribution is 2.34. The van der Waals surface area contributed by atoms with E-state index < -0.39 is 0 Å². The fourth-order valence-corrected chi connectivity index (χ4v) is 6.19. The number of benzene rings is 4. The van der Waals surface area contributed by atoms with E-state index in [9.17, 15) is 0 Å². The van der Waals surface area contributed by atoms with Crippen molar-refractivity contribution in [2.75, 3.05) is 26.2 Å². The summed E-state index contributed by atoms with van der Waals surface area (Å²) in [4.78, 5) is 0. The zero-order valence-electron chi connectivity index (χ0n) is 23.6. The van der Waals surface area contributed by atoms with Gasteiger partial charge >= 0.3 is 0 Å². The lowest BCUT2D eigenvalue weighted by atomic mass is 10.2. The van der Waals surface area contributed by atoms with Gasteiger partial charge in [0.05, 0.1) is 26.4 Å². The van der Waals surface area contributed by atoms with Crippen LogP contribution in [-0.2, 0) is 45.4 Å². The van der Waals surface area contributed by atoms with Gasteiger partial charge in [-0.05, 0) is 22.3 Å². The second-order valence-corrected chi connectivity index (χ2v) is 11.4. The van der Waals surface area contributed by atoms with Crippen LogP contribution in [0.25, 0.3) is 0 Å². The van der Waals surface area contributed by atoms with Crippen LogP contribution in [0, 0.1) is 0 Å². The molecule has 5 heteroatoms. The average molecular weight is 551 g/mol. The molecule has 0 unspecified atom stereocenters. The van der Waals surface area contributed by atoms with Crippen LogP contribution in [0.1, 0.15) is 22.3 Å². The Hall–Kier alpha value is -3.32. The van der Waals surface area contributed by atoms with E-state index >= 15 is 0 Å². The monoisotopic (exact) mass is 550 g/mol. The lowest BCUT2D eigenvalue weighted by Crippen LogP contribution is -2.46. The Morgan fingerprint density at radius 3 is 0.805 bits per heavy atom. The minimum absolute atomic E-state index is 0.00145. The third-order valence-electron chi connectivity index (χ3n) is 8.33. The lowest BCUT2D eigenvalue weighted by molar-refractivity contribution is -0.910. The third kappa shape index (κ3) is 7.50. The summed E-state index contributed by atoms with van der Waals surface area (Å²) in [6, 6.07) is 41.6. The minimum Gasteiger partial charge on any atom is -0.365 e. The van der Waals surface area contributed by atoms with Crippen LogP contribution in [0.4, 0.5) is 0 Å². The van der Waals surface area contributed by atoms with Crippen molar-refractivity contribution in [1.29, 1.82) is 0 Å². The maximum Gasteiger partial charge on any atom is 0.138 e. The van der Waals surface area contributed by atoms with Gasteiger partial charge in [-0.15, -0.1) is 0 Å². The van der Waals surface area contributed by atoms with Gasteiger partial charge in [0.15, 0.2) is 0 Å². The first-order valence-corrected chi connectivity index (χ1v) is 14.7. The van der Waals surface area contributed by atoms with E-state index in [0.717, 1.165) is 30.7 Å². The molecule has 5 nitrogen and oxygen atoms in total. The molecule has 2 fully saturated rings. The Kier molecular flexibility index (Phi) is 9.21. The Bertz CT molecular complexity index is 1110. The van der Waals surface area contributed by atoms with Gasteiger partial charge in [-0.1, -0.05) is 121 Å². The first-order valence-electron chi connectivity index (χ1n) is 14.7. The van der Waals surface area contributed by atoms with Crippen LogP contribution >= 0.6 is 0 Å². The number of hydrogen-bond acceptors (Lipinski definition) is 4. The molecule has 0 saturated carbocycles. The number of nitrogens with zero attached hydrogens (tertiary/aromatic N) is 1. The predicted octanol–water partition coefficient (Wildman–Crippen LogP) is 6.17. The van der Waals surface area contributed by atoms with Crippen molar-refractivity contribution < 1.29 is 23.4 Å². The predicted molar refractivity (Wildman–Crippen MR) is 160 cm³/mol. The van der Waals surface area contributed by atoms with Gasteiger partial charge in [0.1, 0.15) is 50.6 Å². The van der Waals surface area contributed by atoms with E-state index in [2.05, 4.69) is 97.1 Å².